The van der Waals surface area contributed by atoms with Crippen LogP contribution in [0.2, 0.25) is 0 Å². The summed E-state index contributed by atoms with van der Waals surface area (Å²) in [6.45, 7) is 9.16. The maximum absolute atomic E-state index is 14.1. The maximum atomic E-state index is 14.1. The number of allylic oxidation sites excluding steroid dienone is 1. The van der Waals surface area contributed by atoms with Crippen LogP contribution in [0.1, 0.15) is 56.9 Å². The molecule has 0 bridgehead atoms. The third-order valence-electron chi connectivity index (χ3n) is 8.79. The molecule has 0 aliphatic heterocycles. The zero-order chi connectivity index (χ0) is 43.3. The molecule has 1 fully saturated rings. The number of aromatic nitrogens is 1. The monoisotopic (exact) mass is 868 g/mol. The lowest BCUT2D eigenvalue weighted by Gasteiger charge is -2.24. The number of pyridine rings is 1. The Balaban J connectivity index is 1.36. The molecule has 0 saturated heterocycles. The number of rotatable bonds is 21. The number of carbonyl (C=O) groups excluding carboxylic acids is 1. The summed E-state index contributed by atoms with van der Waals surface area (Å²) in [7, 11) is -7.01. The molecule has 1 saturated carbocycles. The fraction of sp³-hybridized carbons (Fsp3) is 0.395. The molecule has 320 valence electrons. The van der Waals surface area contributed by atoms with Gasteiger partial charge in [-0.1, -0.05) is 18.2 Å². The summed E-state index contributed by atoms with van der Waals surface area (Å²) in [5.74, 6) is -0.799. The van der Waals surface area contributed by atoms with Crippen LogP contribution in [-0.2, 0) is 40.9 Å². The molecule has 0 radical (unpaired) electrons. The highest BCUT2D eigenvalue weighted by Crippen LogP contribution is 2.46. The van der Waals surface area contributed by atoms with Crippen LogP contribution in [0, 0.1) is 6.92 Å². The second-order valence-electron chi connectivity index (χ2n) is 13.2. The van der Waals surface area contributed by atoms with E-state index in [1.54, 1.807) is 51.1 Å². The van der Waals surface area contributed by atoms with E-state index in [0.717, 1.165) is 24.3 Å². The third-order valence-corrected chi connectivity index (χ3v) is 11.1. The lowest BCUT2D eigenvalue weighted by Crippen LogP contribution is -2.37. The highest BCUT2D eigenvalue weighted by molar-refractivity contribution is 7.52. The smallest absolute Gasteiger partial charge is 0.506 e. The number of hydrogen-bond donors (Lipinski definition) is 4. The quantitative estimate of drug-likeness (QED) is 0.0264. The number of carbonyl (C=O) groups is 1. The molecule has 5 atom stereocenters. The molecular weight excluding hydrogens is 821 g/mol. The molecule has 1 aliphatic rings. The molecule has 6 N–H and O–H groups in total. The predicted molar refractivity (Wildman–Crippen MR) is 211 cm³/mol. The van der Waals surface area contributed by atoms with Gasteiger partial charge >= 0.3 is 28.3 Å². The first kappa shape index (κ1) is 46.8. The van der Waals surface area contributed by atoms with Crippen molar-refractivity contribution in [1.82, 2.24) is 10.1 Å². The second-order valence-corrected chi connectivity index (χ2v) is 15.8. The van der Waals surface area contributed by atoms with Crippen molar-refractivity contribution in [3.05, 3.63) is 100 Å². The van der Waals surface area contributed by atoms with Gasteiger partial charge in [0.1, 0.15) is 47.9 Å². The molecule has 1 aromatic heterocycles. The summed E-state index contributed by atoms with van der Waals surface area (Å²) < 4.78 is 102. The van der Waals surface area contributed by atoms with Gasteiger partial charge in [-0.15, -0.1) is 17.7 Å². The maximum Gasteiger partial charge on any atom is 0.750 e. The van der Waals surface area contributed by atoms with Gasteiger partial charge < -0.3 is 35.3 Å². The Morgan fingerprint density at radius 1 is 1.08 bits per heavy atom. The van der Waals surface area contributed by atoms with Crippen molar-refractivity contribution in [1.29, 1.82) is 0 Å². The minimum absolute atomic E-state index is 0.00355. The molecule has 0 spiro atoms. The lowest BCUT2D eigenvalue weighted by molar-refractivity contribution is -0.274. The van der Waals surface area contributed by atoms with Crippen LogP contribution < -0.4 is 35.1 Å². The molecule has 21 heteroatoms. The van der Waals surface area contributed by atoms with E-state index in [1.165, 1.54) is 13.1 Å². The van der Waals surface area contributed by atoms with Gasteiger partial charge in [0.05, 0.1) is 18.0 Å². The van der Waals surface area contributed by atoms with Crippen LogP contribution in [0.15, 0.2) is 88.4 Å². The van der Waals surface area contributed by atoms with Crippen molar-refractivity contribution in [2.45, 2.75) is 84.7 Å². The average Bonchev–Trinajstić information content (AvgIpc) is 3.64. The van der Waals surface area contributed by atoms with Gasteiger partial charge in [-0.3, -0.25) is 19.3 Å². The van der Waals surface area contributed by atoms with Crippen molar-refractivity contribution >= 4 is 28.7 Å². The molecule has 2 aromatic carbocycles. The summed E-state index contributed by atoms with van der Waals surface area (Å²) in [6, 6.07) is 11.4. The molecule has 3 aromatic rings. The fourth-order valence-corrected chi connectivity index (χ4v) is 7.81. The Kier molecular flexibility index (Phi) is 17.0. The number of esters is 1. The number of halogens is 3. The summed E-state index contributed by atoms with van der Waals surface area (Å²) in [4.78, 5) is 21.4. The molecular formula is C38H47F3N5O11P2+. The van der Waals surface area contributed by atoms with Crippen molar-refractivity contribution in [3.63, 3.8) is 0 Å². The Morgan fingerprint density at radius 3 is 2.37 bits per heavy atom. The number of nitrogens with zero attached hydrogens (tertiary/aromatic N) is 2. The Hall–Kier alpha value is -4.87. The topological polar surface area (TPSA) is 225 Å². The van der Waals surface area contributed by atoms with Gasteiger partial charge in [0.25, 0.3) is 0 Å². The number of aliphatic hydroxyl groups is 1. The van der Waals surface area contributed by atoms with E-state index in [2.05, 4.69) is 26.5 Å². The highest BCUT2D eigenvalue weighted by Gasteiger charge is 2.36. The van der Waals surface area contributed by atoms with Gasteiger partial charge in [-0.2, -0.15) is 5.09 Å². The molecule has 1 heterocycles. The van der Waals surface area contributed by atoms with Gasteiger partial charge in [-0.05, 0) is 89.2 Å². The second kappa shape index (κ2) is 21.4. The van der Waals surface area contributed by atoms with Crippen molar-refractivity contribution in [3.8, 4) is 23.0 Å². The van der Waals surface area contributed by atoms with Crippen LogP contribution in [0.5, 0.6) is 23.0 Å². The van der Waals surface area contributed by atoms with E-state index in [0.29, 0.717) is 53.0 Å². The van der Waals surface area contributed by atoms with Crippen molar-refractivity contribution in [2.75, 3.05) is 13.2 Å². The normalized spacial score (nSPS) is 18.1. The first-order valence-corrected chi connectivity index (χ1v) is 20.8. The van der Waals surface area contributed by atoms with Gasteiger partial charge in [0, 0.05) is 47.0 Å². The SMILES string of the molecule is C=N/C(C)=C(O)\C(CN)=C(/C)COP(=O)(N[C@@H](C)C(=O)OC1CCC(Oc2c(C)ncc(CO[P+](=O)Oc3ccc(OC(F)(F)F)cc3)c2CN)C1)Oc1ccccc1. The number of aliphatic imine (C=N–C) groups is 1. The number of aliphatic hydroxyl groups excluding tert-OH is 1. The zero-order valence-corrected chi connectivity index (χ0v) is 34.6. The number of alkyl halides is 3. The van der Waals surface area contributed by atoms with Crippen LogP contribution in [0.3, 0.4) is 0 Å². The molecule has 4 rings (SSSR count). The van der Waals surface area contributed by atoms with Crippen LogP contribution in [0.4, 0.5) is 13.2 Å². The standard InChI is InChI=1S/C38H46F3N5O11P2/c1-23(33(18-42)35(47)24(2)44-5)21-52-59(50,57-30-9-7-6-8-10-30)46-26(4)37(48)54-32-16-15-31(17-32)53-36-25(3)45-20-27(34(36)19-43)22-51-58(49)56-29-13-11-28(12-14-29)55-38(39,40)41/h6-14,20,26,31-32H,5,15-19,21-22,42-43H2,1-4H3,(H-,46,47,50)/p+1/b33-23+,35-24+/t26-,31?,32?,59?/m0/s1. The number of nitrogens with one attached hydrogen (secondary N) is 1. The minimum atomic E-state index is -4.86. The van der Waals surface area contributed by atoms with Crippen molar-refractivity contribution in [2.24, 2.45) is 16.5 Å². The van der Waals surface area contributed by atoms with E-state index in [-0.39, 0.29) is 49.3 Å². The molecule has 59 heavy (non-hydrogen) atoms. The Morgan fingerprint density at radius 2 is 1.75 bits per heavy atom. The minimum Gasteiger partial charge on any atom is -0.506 e. The van der Waals surface area contributed by atoms with Gasteiger partial charge in [0.15, 0.2) is 5.75 Å². The lowest BCUT2D eigenvalue weighted by atomic mass is 10.1. The van der Waals surface area contributed by atoms with E-state index >= 15 is 0 Å². The van der Waals surface area contributed by atoms with E-state index in [9.17, 15) is 32.2 Å². The first-order valence-electron chi connectivity index (χ1n) is 18.1. The molecule has 0 amide bonds. The molecule has 4 unspecified atom stereocenters. The van der Waals surface area contributed by atoms with Gasteiger partial charge in [-0.25, -0.2) is 9.09 Å². The largest absolute Gasteiger partial charge is 0.750 e. The highest BCUT2D eigenvalue weighted by atomic mass is 31.2. The predicted octanol–water partition coefficient (Wildman–Crippen LogP) is 7.79. The number of aryl methyl sites for hydroxylation is 1. The molecule has 1 aliphatic carbocycles. The number of ether oxygens (including phenoxy) is 3. The van der Waals surface area contributed by atoms with Crippen LogP contribution in [0.25, 0.3) is 0 Å². The summed E-state index contributed by atoms with van der Waals surface area (Å²) in [5, 5.41) is 13.2. The summed E-state index contributed by atoms with van der Waals surface area (Å²) in [5.41, 5.74) is 14.5. The van der Waals surface area contributed by atoms with Gasteiger partial charge in [0.2, 0.25) is 0 Å². The van der Waals surface area contributed by atoms with E-state index < -0.39 is 52.3 Å². The van der Waals surface area contributed by atoms with E-state index in [4.69, 9.17) is 39.0 Å². The number of benzene rings is 2. The molecule has 16 nitrogen and oxygen atoms in total. The Labute approximate surface area is 340 Å². The fourth-order valence-electron chi connectivity index (χ4n) is 5.70. The average molecular weight is 869 g/mol. The Bertz CT molecular complexity index is 2050. The van der Waals surface area contributed by atoms with E-state index in [1.807, 2.05) is 0 Å². The summed E-state index contributed by atoms with van der Waals surface area (Å²) >= 11 is 0. The number of nitrogens with two attached hydrogens (primary N) is 2. The van der Waals surface area contributed by atoms with Crippen molar-refractivity contribution < 1.29 is 64.5 Å². The number of hydrogen-bond acceptors (Lipinski definition) is 15. The zero-order valence-electron chi connectivity index (χ0n) is 32.8. The first-order chi connectivity index (χ1) is 27.9. The van der Waals surface area contributed by atoms with Crippen LogP contribution >= 0.6 is 16.0 Å². The summed E-state index contributed by atoms with van der Waals surface area (Å²) in [6.07, 6.45) is -3.07. The third kappa shape index (κ3) is 14.1. The van der Waals surface area contributed by atoms with Crippen LogP contribution in [-0.4, -0.2) is 60.5 Å². The number of para-hydroxylation sites is 1.